The van der Waals surface area contributed by atoms with E-state index in [1.54, 1.807) is 17.6 Å². The lowest BCUT2D eigenvalue weighted by molar-refractivity contribution is -0.118. The quantitative estimate of drug-likeness (QED) is 0.682. The number of hydrogen-bond donors (Lipinski definition) is 1. The van der Waals surface area contributed by atoms with Crippen molar-refractivity contribution in [2.24, 2.45) is 10.2 Å². The number of carbonyl (C=O) groups is 1. The standard InChI is InChI=1S/C17H17N3OS2/c1-11-5-6-13(8-12(11)2)9-15-16(21)19-17(23-15)20-18-10-14-4-3-7-22-14/h3-8,10,15H,9H2,1-2H3,(H,19,20,21). The van der Waals surface area contributed by atoms with Gasteiger partial charge in [-0.1, -0.05) is 36.0 Å². The summed E-state index contributed by atoms with van der Waals surface area (Å²) in [6.07, 6.45) is 2.40. The van der Waals surface area contributed by atoms with E-state index < -0.39 is 0 Å². The van der Waals surface area contributed by atoms with Crippen LogP contribution in [0.15, 0.2) is 45.9 Å². The lowest BCUT2D eigenvalue weighted by Gasteiger charge is -2.07. The fourth-order valence-corrected chi connectivity index (χ4v) is 3.78. The van der Waals surface area contributed by atoms with Gasteiger partial charge in [0.1, 0.15) is 0 Å². The van der Waals surface area contributed by atoms with Gasteiger partial charge in [-0.05, 0) is 48.4 Å². The van der Waals surface area contributed by atoms with Gasteiger partial charge in [-0.15, -0.1) is 16.4 Å². The van der Waals surface area contributed by atoms with Gasteiger partial charge in [0.15, 0.2) is 5.17 Å². The van der Waals surface area contributed by atoms with E-state index in [1.807, 2.05) is 17.5 Å². The van der Waals surface area contributed by atoms with Crippen LogP contribution in [0.1, 0.15) is 21.6 Å². The molecule has 1 aliphatic rings. The highest BCUT2D eigenvalue weighted by molar-refractivity contribution is 8.15. The monoisotopic (exact) mass is 343 g/mol. The zero-order valence-electron chi connectivity index (χ0n) is 12.9. The van der Waals surface area contributed by atoms with Gasteiger partial charge in [0.2, 0.25) is 5.91 Å². The Labute approximate surface area is 143 Å². The molecule has 1 aromatic heterocycles. The van der Waals surface area contributed by atoms with Crippen LogP contribution < -0.4 is 5.32 Å². The maximum Gasteiger partial charge on any atom is 0.239 e. The predicted octanol–water partition coefficient (Wildman–Crippen LogP) is 3.53. The minimum absolute atomic E-state index is 0.00157. The maximum atomic E-state index is 12.1. The molecule has 23 heavy (non-hydrogen) atoms. The zero-order chi connectivity index (χ0) is 16.2. The third-order valence-corrected chi connectivity index (χ3v) is 5.52. The fourth-order valence-electron chi connectivity index (χ4n) is 2.23. The second kappa shape index (κ2) is 7.10. The molecule has 4 nitrogen and oxygen atoms in total. The van der Waals surface area contributed by atoms with E-state index in [9.17, 15) is 4.79 Å². The van der Waals surface area contributed by atoms with E-state index in [0.29, 0.717) is 11.6 Å². The molecule has 0 radical (unpaired) electrons. The summed E-state index contributed by atoms with van der Waals surface area (Å²) < 4.78 is 0. The van der Waals surface area contributed by atoms with Crippen molar-refractivity contribution >= 4 is 40.4 Å². The number of carbonyl (C=O) groups excluding carboxylic acids is 1. The molecular formula is C17H17N3OS2. The lowest BCUT2D eigenvalue weighted by atomic mass is 10.0. The molecule has 1 saturated heterocycles. The van der Waals surface area contributed by atoms with Gasteiger partial charge in [0.25, 0.3) is 0 Å². The first-order valence-corrected chi connectivity index (χ1v) is 9.06. The number of nitrogens with one attached hydrogen (secondary N) is 1. The topological polar surface area (TPSA) is 53.8 Å². The first kappa shape index (κ1) is 16.0. The molecule has 118 valence electrons. The Morgan fingerprint density at radius 2 is 2.13 bits per heavy atom. The molecule has 2 aromatic rings. The number of amides is 1. The van der Waals surface area contributed by atoms with Crippen LogP contribution in [0, 0.1) is 13.8 Å². The summed E-state index contributed by atoms with van der Waals surface area (Å²) in [5.74, 6) is -0.00157. The molecule has 0 aliphatic carbocycles. The molecule has 0 saturated carbocycles. The zero-order valence-corrected chi connectivity index (χ0v) is 14.6. The van der Waals surface area contributed by atoms with E-state index in [1.165, 1.54) is 28.5 Å². The number of amidine groups is 1. The van der Waals surface area contributed by atoms with Crippen molar-refractivity contribution in [2.45, 2.75) is 25.5 Å². The van der Waals surface area contributed by atoms with Crippen molar-refractivity contribution in [3.8, 4) is 0 Å². The number of nitrogens with zero attached hydrogens (tertiary/aromatic N) is 2. The van der Waals surface area contributed by atoms with E-state index >= 15 is 0 Å². The summed E-state index contributed by atoms with van der Waals surface area (Å²) in [7, 11) is 0. The third kappa shape index (κ3) is 4.09. The lowest BCUT2D eigenvalue weighted by Crippen LogP contribution is -2.25. The van der Waals surface area contributed by atoms with Crippen molar-refractivity contribution < 1.29 is 4.79 Å². The van der Waals surface area contributed by atoms with Crippen LogP contribution in [-0.4, -0.2) is 22.5 Å². The Morgan fingerprint density at radius 1 is 1.26 bits per heavy atom. The highest BCUT2D eigenvalue weighted by Crippen LogP contribution is 2.24. The van der Waals surface area contributed by atoms with E-state index in [4.69, 9.17) is 0 Å². The Hall–Kier alpha value is -1.92. The maximum absolute atomic E-state index is 12.1. The molecule has 1 fully saturated rings. The van der Waals surface area contributed by atoms with Crippen molar-refractivity contribution in [1.29, 1.82) is 0 Å². The molecule has 3 rings (SSSR count). The van der Waals surface area contributed by atoms with Crippen LogP contribution in [0.25, 0.3) is 0 Å². The van der Waals surface area contributed by atoms with Crippen LogP contribution in [0.5, 0.6) is 0 Å². The number of thioether (sulfide) groups is 1. The highest BCUT2D eigenvalue weighted by atomic mass is 32.2. The smallest absolute Gasteiger partial charge is 0.239 e. The second-order valence-electron chi connectivity index (χ2n) is 5.38. The molecule has 1 amide bonds. The van der Waals surface area contributed by atoms with Gasteiger partial charge in [-0.3, -0.25) is 4.79 Å². The SMILES string of the molecule is Cc1ccc(CC2SC(=NN=Cc3cccs3)NC2=O)cc1C. The fraction of sp³-hybridized carbons (Fsp3) is 0.235. The Kier molecular flexibility index (Phi) is 4.93. The molecule has 1 atom stereocenters. The molecule has 6 heteroatoms. The molecule has 2 heterocycles. The van der Waals surface area contributed by atoms with Gasteiger partial charge in [-0.25, -0.2) is 0 Å². The highest BCUT2D eigenvalue weighted by Gasteiger charge is 2.30. The summed E-state index contributed by atoms with van der Waals surface area (Å²) in [4.78, 5) is 13.1. The van der Waals surface area contributed by atoms with Crippen molar-refractivity contribution in [2.75, 3.05) is 0 Å². The second-order valence-corrected chi connectivity index (χ2v) is 7.55. The first-order chi connectivity index (χ1) is 11.1. The summed E-state index contributed by atoms with van der Waals surface area (Å²) in [6, 6.07) is 10.3. The van der Waals surface area contributed by atoms with Gasteiger partial charge in [-0.2, -0.15) is 5.10 Å². The average Bonchev–Trinajstić information content (AvgIpc) is 3.14. The third-order valence-electron chi connectivity index (χ3n) is 3.65. The van der Waals surface area contributed by atoms with E-state index in [0.717, 1.165) is 4.88 Å². The summed E-state index contributed by atoms with van der Waals surface area (Å²) >= 11 is 3.04. The van der Waals surface area contributed by atoms with Crippen LogP contribution in [0.3, 0.4) is 0 Å². The van der Waals surface area contributed by atoms with Gasteiger partial charge < -0.3 is 5.32 Å². The van der Waals surface area contributed by atoms with Crippen LogP contribution >= 0.6 is 23.1 Å². The minimum atomic E-state index is -0.146. The summed E-state index contributed by atoms with van der Waals surface area (Å²) in [6.45, 7) is 4.18. The molecule has 1 aromatic carbocycles. The van der Waals surface area contributed by atoms with E-state index in [-0.39, 0.29) is 11.2 Å². The molecular weight excluding hydrogens is 326 g/mol. The van der Waals surface area contributed by atoms with Crippen molar-refractivity contribution in [3.05, 3.63) is 57.3 Å². The molecule has 0 bridgehead atoms. The molecule has 0 spiro atoms. The van der Waals surface area contributed by atoms with Gasteiger partial charge in [0.05, 0.1) is 11.5 Å². The Morgan fingerprint density at radius 3 is 2.87 bits per heavy atom. The van der Waals surface area contributed by atoms with Gasteiger partial charge in [0, 0.05) is 4.88 Å². The average molecular weight is 343 g/mol. The first-order valence-electron chi connectivity index (χ1n) is 7.30. The van der Waals surface area contributed by atoms with Crippen LogP contribution in [-0.2, 0) is 11.2 Å². The minimum Gasteiger partial charge on any atom is -0.303 e. The normalized spacial score (nSPS) is 19.7. The number of aryl methyl sites for hydroxylation is 2. The van der Waals surface area contributed by atoms with Gasteiger partial charge >= 0.3 is 0 Å². The Bertz CT molecular complexity index is 766. The Balaban J connectivity index is 1.64. The molecule has 1 aliphatic heterocycles. The number of thiophene rings is 1. The van der Waals surface area contributed by atoms with E-state index in [2.05, 4.69) is 47.6 Å². The van der Waals surface area contributed by atoms with Crippen molar-refractivity contribution in [1.82, 2.24) is 5.32 Å². The number of hydrogen-bond acceptors (Lipinski definition) is 5. The molecule has 1 unspecified atom stereocenters. The molecule has 1 N–H and O–H groups in total. The number of benzene rings is 1. The summed E-state index contributed by atoms with van der Waals surface area (Å²) in [5, 5.41) is 13.3. The largest absolute Gasteiger partial charge is 0.303 e. The summed E-state index contributed by atoms with van der Waals surface area (Å²) in [5.41, 5.74) is 3.69. The van der Waals surface area contributed by atoms with Crippen LogP contribution in [0.2, 0.25) is 0 Å². The van der Waals surface area contributed by atoms with Crippen molar-refractivity contribution in [3.63, 3.8) is 0 Å². The predicted molar refractivity (Wildman–Crippen MR) is 98.5 cm³/mol. The number of rotatable bonds is 4. The van der Waals surface area contributed by atoms with Crippen LogP contribution in [0.4, 0.5) is 0 Å².